The quantitative estimate of drug-likeness (QED) is 0.886. The highest BCUT2D eigenvalue weighted by molar-refractivity contribution is 7.92. The Morgan fingerprint density at radius 3 is 2.36 bits per heavy atom. The third kappa shape index (κ3) is 3.62. The maximum absolute atomic E-state index is 13.8. The van der Waals surface area contributed by atoms with Gasteiger partial charge in [-0.2, -0.15) is 0 Å². The van der Waals surface area contributed by atoms with Crippen molar-refractivity contribution in [3.63, 3.8) is 0 Å². The highest BCUT2D eigenvalue weighted by atomic mass is 32.2. The molecular formula is C15H14FNO4S. The number of carboxylic acid groups (broad SMARTS) is 1. The standard InChI is InChI=1S/C15H14FNO4S/c1-10-3-2-4-13(16)15(10)22(20,21)17-12-7-5-11(6-8-12)9-14(18)19/h2-8,17H,9H2,1H3,(H,18,19). The molecule has 0 atom stereocenters. The summed E-state index contributed by atoms with van der Waals surface area (Å²) < 4.78 is 40.6. The average Bonchev–Trinajstić information content (AvgIpc) is 2.39. The van der Waals surface area contributed by atoms with Gasteiger partial charge in [0.15, 0.2) is 0 Å². The Morgan fingerprint density at radius 1 is 1.18 bits per heavy atom. The van der Waals surface area contributed by atoms with Crippen LogP contribution in [0.15, 0.2) is 47.4 Å². The summed E-state index contributed by atoms with van der Waals surface area (Å²) in [5.41, 5.74) is 1.07. The van der Waals surface area contributed by atoms with E-state index in [2.05, 4.69) is 4.72 Å². The Bertz CT molecular complexity index is 781. The van der Waals surface area contributed by atoms with Gasteiger partial charge >= 0.3 is 5.97 Å². The van der Waals surface area contributed by atoms with Gasteiger partial charge in [-0.25, -0.2) is 12.8 Å². The molecular weight excluding hydrogens is 309 g/mol. The maximum atomic E-state index is 13.8. The summed E-state index contributed by atoms with van der Waals surface area (Å²) >= 11 is 0. The fraction of sp³-hybridized carbons (Fsp3) is 0.133. The van der Waals surface area contributed by atoms with Gasteiger partial charge in [0.05, 0.1) is 6.42 Å². The van der Waals surface area contributed by atoms with Crippen LogP contribution in [0.3, 0.4) is 0 Å². The number of carboxylic acids is 1. The van der Waals surface area contributed by atoms with E-state index < -0.39 is 26.7 Å². The maximum Gasteiger partial charge on any atom is 0.307 e. The van der Waals surface area contributed by atoms with Gasteiger partial charge in [0.1, 0.15) is 10.7 Å². The highest BCUT2D eigenvalue weighted by Gasteiger charge is 2.21. The molecule has 2 aromatic carbocycles. The lowest BCUT2D eigenvalue weighted by atomic mass is 10.1. The molecule has 2 rings (SSSR count). The fourth-order valence-corrected chi connectivity index (χ4v) is 3.39. The Morgan fingerprint density at radius 2 is 1.82 bits per heavy atom. The zero-order chi connectivity index (χ0) is 16.3. The lowest BCUT2D eigenvalue weighted by Crippen LogP contribution is -2.16. The lowest BCUT2D eigenvalue weighted by molar-refractivity contribution is -0.136. The second kappa shape index (κ2) is 6.15. The van der Waals surface area contributed by atoms with Gasteiger partial charge in [0.2, 0.25) is 0 Å². The second-order valence-corrected chi connectivity index (χ2v) is 6.38. The Labute approximate surface area is 127 Å². The minimum atomic E-state index is -4.05. The van der Waals surface area contributed by atoms with Gasteiger partial charge < -0.3 is 5.11 Å². The van der Waals surface area contributed by atoms with Crippen LogP contribution in [0, 0.1) is 12.7 Å². The third-order valence-electron chi connectivity index (χ3n) is 2.99. The first-order valence-corrected chi connectivity index (χ1v) is 7.86. The fourth-order valence-electron chi connectivity index (χ4n) is 2.03. The van der Waals surface area contributed by atoms with Crippen molar-refractivity contribution in [2.75, 3.05) is 4.72 Å². The van der Waals surface area contributed by atoms with Gasteiger partial charge in [0, 0.05) is 5.69 Å². The van der Waals surface area contributed by atoms with Crippen molar-refractivity contribution in [1.29, 1.82) is 0 Å². The molecule has 0 saturated carbocycles. The third-order valence-corrected chi connectivity index (χ3v) is 4.55. The van der Waals surface area contributed by atoms with Crippen LogP contribution in [0.2, 0.25) is 0 Å². The molecule has 0 bridgehead atoms. The SMILES string of the molecule is Cc1cccc(F)c1S(=O)(=O)Nc1ccc(CC(=O)O)cc1. The molecule has 2 aromatic rings. The number of halogens is 1. The summed E-state index contributed by atoms with van der Waals surface area (Å²) in [5, 5.41) is 8.68. The number of aryl methyl sites for hydroxylation is 1. The van der Waals surface area contributed by atoms with Gasteiger partial charge in [-0.1, -0.05) is 24.3 Å². The molecule has 0 amide bonds. The van der Waals surface area contributed by atoms with Crippen molar-refractivity contribution < 1.29 is 22.7 Å². The van der Waals surface area contributed by atoms with Crippen LogP contribution >= 0.6 is 0 Å². The molecule has 0 spiro atoms. The number of nitrogens with one attached hydrogen (secondary N) is 1. The van der Waals surface area contributed by atoms with Crippen molar-refractivity contribution >= 4 is 21.7 Å². The van der Waals surface area contributed by atoms with E-state index in [0.717, 1.165) is 6.07 Å². The van der Waals surface area contributed by atoms with Crippen LogP contribution in [0.25, 0.3) is 0 Å². The van der Waals surface area contributed by atoms with Gasteiger partial charge in [-0.05, 0) is 36.2 Å². The zero-order valence-corrected chi connectivity index (χ0v) is 12.5. The predicted octanol–water partition coefficient (Wildman–Crippen LogP) is 2.56. The molecule has 2 N–H and O–H groups in total. The van der Waals surface area contributed by atoms with Crippen molar-refractivity contribution in [3.05, 3.63) is 59.4 Å². The average molecular weight is 323 g/mol. The van der Waals surface area contributed by atoms with E-state index >= 15 is 0 Å². The molecule has 0 aliphatic carbocycles. The summed E-state index contributed by atoms with van der Waals surface area (Å²) in [6.45, 7) is 1.51. The van der Waals surface area contributed by atoms with E-state index in [9.17, 15) is 17.6 Å². The summed E-state index contributed by atoms with van der Waals surface area (Å²) in [6.07, 6.45) is -0.153. The van der Waals surface area contributed by atoms with Gasteiger partial charge in [-0.3, -0.25) is 9.52 Å². The Balaban J connectivity index is 2.27. The normalized spacial score (nSPS) is 11.2. The van der Waals surface area contributed by atoms with E-state index in [1.54, 1.807) is 0 Å². The number of aliphatic carboxylic acids is 1. The van der Waals surface area contributed by atoms with E-state index in [1.807, 2.05) is 0 Å². The summed E-state index contributed by atoms with van der Waals surface area (Å²) in [4.78, 5) is 10.2. The van der Waals surface area contributed by atoms with Crippen molar-refractivity contribution in [1.82, 2.24) is 0 Å². The number of hydrogen-bond donors (Lipinski definition) is 2. The molecule has 0 radical (unpaired) electrons. The van der Waals surface area contributed by atoms with Crippen molar-refractivity contribution in [3.8, 4) is 0 Å². The first-order chi connectivity index (χ1) is 10.3. The minimum Gasteiger partial charge on any atom is -0.481 e. The van der Waals surface area contributed by atoms with E-state index in [0.29, 0.717) is 11.1 Å². The van der Waals surface area contributed by atoms with Crippen LogP contribution in [-0.4, -0.2) is 19.5 Å². The van der Waals surface area contributed by atoms with Gasteiger partial charge in [-0.15, -0.1) is 0 Å². The number of anilines is 1. The first-order valence-electron chi connectivity index (χ1n) is 6.38. The molecule has 0 saturated heterocycles. The molecule has 22 heavy (non-hydrogen) atoms. The summed E-state index contributed by atoms with van der Waals surface area (Å²) in [5.74, 6) is -1.80. The van der Waals surface area contributed by atoms with Gasteiger partial charge in [0.25, 0.3) is 10.0 Å². The Kier molecular flexibility index (Phi) is 4.46. The summed E-state index contributed by atoms with van der Waals surface area (Å²) in [7, 11) is -4.05. The molecule has 0 heterocycles. The lowest BCUT2D eigenvalue weighted by Gasteiger charge is -2.11. The molecule has 0 aliphatic rings. The first kappa shape index (κ1) is 16.0. The summed E-state index contributed by atoms with van der Waals surface area (Å²) in [6, 6.07) is 9.90. The van der Waals surface area contributed by atoms with E-state index in [4.69, 9.17) is 5.11 Å². The molecule has 116 valence electrons. The number of carbonyl (C=O) groups is 1. The van der Waals surface area contributed by atoms with E-state index in [1.165, 1.54) is 43.3 Å². The molecule has 0 aromatic heterocycles. The molecule has 5 nitrogen and oxygen atoms in total. The zero-order valence-electron chi connectivity index (χ0n) is 11.7. The number of sulfonamides is 1. The van der Waals surface area contributed by atoms with Crippen LogP contribution in [-0.2, 0) is 21.2 Å². The minimum absolute atomic E-state index is 0.153. The number of hydrogen-bond acceptors (Lipinski definition) is 3. The number of benzene rings is 2. The van der Waals surface area contributed by atoms with Crippen LogP contribution in [0.5, 0.6) is 0 Å². The van der Waals surface area contributed by atoms with Crippen molar-refractivity contribution in [2.45, 2.75) is 18.2 Å². The topological polar surface area (TPSA) is 83.5 Å². The Hall–Kier alpha value is -2.41. The molecule has 7 heteroatoms. The van der Waals surface area contributed by atoms with E-state index in [-0.39, 0.29) is 12.1 Å². The molecule has 0 fully saturated rings. The molecule has 0 aliphatic heterocycles. The highest BCUT2D eigenvalue weighted by Crippen LogP contribution is 2.22. The second-order valence-electron chi connectivity index (χ2n) is 4.76. The monoisotopic (exact) mass is 323 g/mol. The van der Waals surface area contributed by atoms with Crippen molar-refractivity contribution in [2.24, 2.45) is 0 Å². The van der Waals surface area contributed by atoms with Crippen LogP contribution in [0.1, 0.15) is 11.1 Å². The molecule has 0 unspecified atom stereocenters. The predicted molar refractivity (Wildman–Crippen MR) is 79.7 cm³/mol. The number of rotatable bonds is 5. The smallest absolute Gasteiger partial charge is 0.307 e. The van der Waals surface area contributed by atoms with Crippen LogP contribution in [0.4, 0.5) is 10.1 Å². The largest absolute Gasteiger partial charge is 0.481 e. The van der Waals surface area contributed by atoms with Crippen LogP contribution < -0.4 is 4.72 Å².